The van der Waals surface area contributed by atoms with Gasteiger partial charge in [0.25, 0.3) is 0 Å². The van der Waals surface area contributed by atoms with Crippen molar-refractivity contribution in [1.29, 1.82) is 0 Å². The zero-order valence-electron chi connectivity index (χ0n) is 8.33. The van der Waals surface area contributed by atoms with Gasteiger partial charge in [0.2, 0.25) is 0 Å². The van der Waals surface area contributed by atoms with Crippen molar-refractivity contribution in [3.05, 3.63) is 0 Å². The molecule has 1 aliphatic rings. The van der Waals surface area contributed by atoms with Gasteiger partial charge in [0, 0.05) is 39.7 Å². The zero-order chi connectivity index (χ0) is 9.90. The SMILES string of the molecule is CO[Si](OC)(OC)C1CCC(=O)C1. The van der Waals surface area contributed by atoms with Crippen LogP contribution in [0, 0.1) is 0 Å². The van der Waals surface area contributed by atoms with Crippen molar-refractivity contribution in [2.45, 2.75) is 24.8 Å². The molecule has 1 saturated carbocycles. The van der Waals surface area contributed by atoms with Crippen LogP contribution in [-0.4, -0.2) is 35.9 Å². The van der Waals surface area contributed by atoms with Gasteiger partial charge in [-0.1, -0.05) is 0 Å². The van der Waals surface area contributed by atoms with Crippen molar-refractivity contribution in [2.75, 3.05) is 21.3 Å². The van der Waals surface area contributed by atoms with Crippen LogP contribution in [-0.2, 0) is 18.1 Å². The average Bonchev–Trinajstić information content (AvgIpc) is 2.57. The molecule has 0 aromatic rings. The second-order valence-electron chi connectivity index (χ2n) is 3.19. The molecule has 0 aliphatic heterocycles. The van der Waals surface area contributed by atoms with Gasteiger partial charge >= 0.3 is 8.80 Å². The number of rotatable bonds is 4. The molecule has 0 saturated heterocycles. The monoisotopic (exact) mass is 204 g/mol. The van der Waals surface area contributed by atoms with E-state index in [2.05, 4.69) is 0 Å². The molecular weight excluding hydrogens is 188 g/mol. The van der Waals surface area contributed by atoms with Crippen LogP contribution in [0.3, 0.4) is 0 Å². The minimum absolute atomic E-state index is 0.153. The van der Waals surface area contributed by atoms with Crippen LogP contribution < -0.4 is 0 Å². The van der Waals surface area contributed by atoms with Gasteiger partial charge in [0.15, 0.2) is 0 Å². The lowest BCUT2D eigenvalue weighted by atomic mass is 10.4. The molecule has 0 heterocycles. The minimum atomic E-state index is -2.55. The Labute approximate surface area is 79.5 Å². The fourth-order valence-electron chi connectivity index (χ4n) is 1.87. The van der Waals surface area contributed by atoms with E-state index in [0.29, 0.717) is 12.8 Å². The second-order valence-corrected chi connectivity index (χ2v) is 6.44. The minimum Gasteiger partial charge on any atom is -0.377 e. The molecule has 0 amide bonds. The van der Waals surface area contributed by atoms with Gasteiger partial charge in [-0.2, -0.15) is 0 Å². The molecule has 1 atom stereocenters. The summed E-state index contributed by atoms with van der Waals surface area (Å²) >= 11 is 0. The summed E-state index contributed by atoms with van der Waals surface area (Å²) < 4.78 is 15.9. The summed E-state index contributed by atoms with van der Waals surface area (Å²) in [6, 6.07) is 0. The topological polar surface area (TPSA) is 44.8 Å². The van der Waals surface area contributed by atoms with Crippen molar-refractivity contribution in [2.24, 2.45) is 0 Å². The molecule has 1 aliphatic carbocycles. The number of ketones is 1. The molecule has 1 rings (SSSR count). The van der Waals surface area contributed by atoms with E-state index in [1.807, 2.05) is 0 Å². The van der Waals surface area contributed by atoms with Crippen molar-refractivity contribution in [3.63, 3.8) is 0 Å². The molecule has 0 bridgehead atoms. The number of carbonyl (C=O) groups is 1. The fraction of sp³-hybridized carbons (Fsp3) is 0.875. The Hall–Kier alpha value is -0.233. The molecule has 0 N–H and O–H groups in total. The standard InChI is InChI=1S/C8H16O4Si/c1-10-13(11-2,12-3)8-5-4-7(9)6-8/h8H,4-6H2,1-3H3. The first-order valence-electron chi connectivity index (χ1n) is 4.35. The Kier molecular flexibility index (Phi) is 3.61. The molecule has 0 radical (unpaired) electrons. The van der Waals surface area contributed by atoms with Crippen molar-refractivity contribution in [1.82, 2.24) is 0 Å². The number of carbonyl (C=O) groups excluding carboxylic acids is 1. The van der Waals surface area contributed by atoms with Gasteiger partial charge in [-0.15, -0.1) is 0 Å². The summed E-state index contributed by atoms with van der Waals surface area (Å²) in [6.45, 7) is 0. The maximum atomic E-state index is 11.1. The van der Waals surface area contributed by atoms with Crippen molar-refractivity contribution >= 4 is 14.6 Å². The molecule has 76 valence electrons. The van der Waals surface area contributed by atoms with E-state index < -0.39 is 8.80 Å². The third-order valence-electron chi connectivity index (χ3n) is 2.60. The van der Waals surface area contributed by atoms with E-state index in [0.717, 1.165) is 6.42 Å². The summed E-state index contributed by atoms with van der Waals surface area (Å²) in [5, 5.41) is 0. The third kappa shape index (κ3) is 1.99. The lowest BCUT2D eigenvalue weighted by molar-refractivity contribution is -0.117. The van der Waals surface area contributed by atoms with Crippen LogP contribution in [0.15, 0.2) is 0 Å². The Bertz CT molecular complexity index is 182. The molecule has 5 heteroatoms. The number of hydrogen-bond donors (Lipinski definition) is 0. The summed E-state index contributed by atoms with van der Waals surface area (Å²) in [5.74, 6) is 0.285. The smallest absolute Gasteiger partial charge is 0.377 e. The quantitative estimate of drug-likeness (QED) is 0.641. The van der Waals surface area contributed by atoms with Gasteiger partial charge in [-0.05, 0) is 6.42 Å². The first-order valence-corrected chi connectivity index (χ1v) is 6.16. The molecule has 4 nitrogen and oxygen atoms in total. The fourth-order valence-corrected chi connectivity index (χ4v) is 4.34. The summed E-state index contributed by atoms with van der Waals surface area (Å²) in [5.41, 5.74) is 0.153. The summed E-state index contributed by atoms with van der Waals surface area (Å²) in [4.78, 5) is 11.1. The lowest BCUT2D eigenvalue weighted by Gasteiger charge is -2.29. The maximum absolute atomic E-state index is 11.1. The van der Waals surface area contributed by atoms with Crippen LogP contribution >= 0.6 is 0 Å². The molecule has 0 aromatic heterocycles. The molecule has 1 fully saturated rings. The van der Waals surface area contributed by atoms with Crippen LogP contribution in [0.2, 0.25) is 5.54 Å². The third-order valence-corrected chi connectivity index (χ3v) is 5.80. The Morgan fingerprint density at radius 1 is 1.23 bits per heavy atom. The van der Waals surface area contributed by atoms with Crippen molar-refractivity contribution in [3.8, 4) is 0 Å². The van der Waals surface area contributed by atoms with Crippen LogP contribution in [0.25, 0.3) is 0 Å². The lowest BCUT2D eigenvalue weighted by Crippen LogP contribution is -2.47. The van der Waals surface area contributed by atoms with E-state index in [1.165, 1.54) is 0 Å². The normalized spacial score (nSPS) is 23.9. The van der Waals surface area contributed by atoms with E-state index in [-0.39, 0.29) is 11.3 Å². The molecule has 0 aromatic carbocycles. The van der Waals surface area contributed by atoms with Crippen LogP contribution in [0.4, 0.5) is 0 Å². The van der Waals surface area contributed by atoms with Gasteiger partial charge < -0.3 is 13.3 Å². The highest BCUT2D eigenvalue weighted by molar-refractivity contribution is 6.62. The Balaban J connectivity index is 2.69. The molecular formula is C8H16O4Si. The van der Waals surface area contributed by atoms with Crippen LogP contribution in [0.5, 0.6) is 0 Å². The van der Waals surface area contributed by atoms with Crippen molar-refractivity contribution < 1.29 is 18.1 Å². The second kappa shape index (κ2) is 4.32. The highest BCUT2D eigenvalue weighted by atomic mass is 28.4. The molecule has 0 spiro atoms. The van der Waals surface area contributed by atoms with E-state index in [4.69, 9.17) is 13.3 Å². The predicted octanol–water partition coefficient (Wildman–Crippen LogP) is 0.988. The summed E-state index contributed by atoms with van der Waals surface area (Å²) in [6.07, 6.45) is 2.01. The molecule has 13 heavy (non-hydrogen) atoms. The Morgan fingerprint density at radius 2 is 1.77 bits per heavy atom. The average molecular weight is 204 g/mol. The first-order chi connectivity index (χ1) is 6.18. The van der Waals surface area contributed by atoms with E-state index in [9.17, 15) is 4.79 Å². The summed E-state index contributed by atoms with van der Waals surface area (Å²) in [7, 11) is 2.21. The first kappa shape index (κ1) is 10.8. The van der Waals surface area contributed by atoms with Gasteiger partial charge in [0.1, 0.15) is 5.78 Å². The highest BCUT2D eigenvalue weighted by Crippen LogP contribution is 2.37. The molecule has 1 unspecified atom stereocenters. The Morgan fingerprint density at radius 3 is 2.08 bits per heavy atom. The van der Waals surface area contributed by atoms with Crippen LogP contribution in [0.1, 0.15) is 19.3 Å². The van der Waals surface area contributed by atoms with Gasteiger partial charge in [-0.3, -0.25) is 4.79 Å². The zero-order valence-corrected chi connectivity index (χ0v) is 9.33. The van der Waals surface area contributed by atoms with Gasteiger partial charge in [0.05, 0.1) is 0 Å². The highest BCUT2D eigenvalue weighted by Gasteiger charge is 2.50. The van der Waals surface area contributed by atoms with E-state index >= 15 is 0 Å². The van der Waals surface area contributed by atoms with E-state index in [1.54, 1.807) is 21.3 Å². The largest absolute Gasteiger partial charge is 0.503 e. The number of Topliss-reactive ketones (excluding diaryl/α,β-unsaturated/α-hetero) is 1. The number of hydrogen-bond acceptors (Lipinski definition) is 4. The van der Waals surface area contributed by atoms with Gasteiger partial charge in [-0.25, -0.2) is 0 Å². The maximum Gasteiger partial charge on any atom is 0.503 e. The predicted molar refractivity (Wildman–Crippen MR) is 49.4 cm³/mol.